The maximum Gasteiger partial charge on any atom is 0.422 e. The number of hydrogen-bond acceptors (Lipinski definition) is 4. The maximum atomic E-state index is 11.9. The molecular formula is C17H13F3N2O2. The number of halogens is 3. The summed E-state index contributed by atoms with van der Waals surface area (Å²) in [5.41, 5.74) is 1.10. The topological polar surface area (TPSA) is 77.0 Å². The molecule has 124 valence electrons. The molecule has 0 heterocycles. The second-order valence-electron chi connectivity index (χ2n) is 4.48. The van der Waals surface area contributed by atoms with Crippen LogP contribution in [0.25, 0.3) is 0 Å². The van der Waals surface area contributed by atoms with Crippen LogP contribution in [-0.2, 0) is 6.61 Å². The first-order valence-corrected chi connectivity index (χ1v) is 6.68. The summed E-state index contributed by atoms with van der Waals surface area (Å²) in [6.07, 6.45) is -4.46. The van der Waals surface area contributed by atoms with Crippen molar-refractivity contribution in [2.75, 3.05) is 6.61 Å². The minimum atomic E-state index is -4.46. The van der Waals surface area contributed by atoms with Crippen molar-refractivity contribution < 1.29 is 23.0 Å². The molecule has 0 aliphatic heterocycles. The number of hydrogen-bond donors (Lipinski definition) is 1. The van der Waals surface area contributed by atoms with Crippen LogP contribution in [0.2, 0.25) is 0 Å². The molecule has 0 atom stereocenters. The van der Waals surface area contributed by atoms with Gasteiger partial charge in [-0.2, -0.15) is 23.7 Å². The molecule has 0 fully saturated rings. The maximum absolute atomic E-state index is 11.9. The number of aliphatic hydroxyl groups excluding tert-OH is 1. The predicted octanol–water partition coefficient (Wildman–Crippen LogP) is 3.55. The minimum absolute atomic E-state index is 0.00134. The summed E-state index contributed by atoms with van der Waals surface area (Å²) in [6, 6.07) is 16.8. The van der Waals surface area contributed by atoms with E-state index in [1.165, 1.54) is 18.2 Å². The van der Waals surface area contributed by atoms with Gasteiger partial charge in [-0.1, -0.05) is 24.3 Å². The minimum Gasteiger partial charge on any atom is -0.483 e. The fraction of sp³-hybridized carbons (Fsp3) is 0.176. The van der Waals surface area contributed by atoms with Crippen LogP contribution in [0.15, 0.2) is 48.5 Å². The number of nitrogens with zero attached hydrogens (tertiary/aromatic N) is 2. The van der Waals surface area contributed by atoms with Crippen LogP contribution in [0, 0.1) is 22.7 Å². The average molecular weight is 334 g/mol. The van der Waals surface area contributed by atoms with Gasteiger partial charge in [0.25, 0.3) is 0 Å². The predicted molar refractivity (Wildman–Crippen MR) is 79.8 cm³/mol. The average Bonchev–Trinajstić information content (AvgIpc) is 2.60. The Morgan fingerprint density at radius 3 is 2.12 bits per heavy atom. The van der Waals surface area contributed by atoms with Crippen molar-refractivity contribution in [3.05, 3.63) is 65.2 Å². The third-order valence-corrected chi connectivity index (χ3v) is 2.64. The number of aliphatic hydroxyl groups is 1. The lowest BCUT2D eigenvalue weighted by Gasteiger charge is -2.11. The van der Waals surface area contributed by atoms with E-state index in [-0.39, 0.29) is 17.9 Å². The van der Waals surface area contributed by atoms with Gasteiger partial charge in [0.05, 0.1) is 23.8 Å². The van der Waals surface area contributed by atoms with Gasteiger partial charge in [-0.05, 0) is 29.8 Å². The zero-order valence-electron chi connectivity index (χ0n) is 12.4. The van der Waals surface area contributed by atoms with Crippen molar-refractivity contribution in [1.82, 2.24) is 0 Å². The molecule has 0 unspecified atom stereocenters. The molecule has 1 N–H and O–H groups in total. The van der Waals surface area contributed by atoms with Crippen molar-refractivity contribution in [1.29, 1.82) is 10.5 Å². The molecule has 0 spiro atoms. The fourth-order valence-electron chi connectivity index (χ4n) is 1.55. The Labute approximate surface area is 137 Å². The zero-order valence-corrected chi connectivity index (χ0v) is 12.4. The van der Waals surface area contributed by atoms with Crippen LogP contribution in [-0.4, -0.2) is 17.9 Å². The molecule has 0 aromatic heterocycles. The van der Waals surface area contributed by atoms with E-state index in [1.807, 2.05) is 24.3 Å². The summed E-state index contributed by atoms with van der Waals surface area (Å²) >= 11 is 0. The number of alkyl halides is 3. The Kier molecular flexibility index (Phi) is 7.28. The Bertz CT molecular complexity index is 732. The van der Waals surface area contributed by atoms with E-state index >= 15 is 0 Å². The summed E-state index contributed by atoms with van der Waals surface area (Å²) in [6.45, 7) is -1.79. The van der Waals surface area contributed by atoms with E-state index in [9.17, 15) is 13.2 Å². The highest BCUT2D eigenvalue weighted by Crippen LogP contribution is 2.23. The molecule has 2 aromatic rings. The standard InChI is InChI=1S/C10H8F3NO2.C7H5N/c11-10(12,13)6-16-9-3-7(5-15)1-2-8(9)4-14;8-6-7-4-2-1-3-5-7/h1-3,15H,5-6H2;1-5H. The van der Waals surface area contributed by atoms with E-state index in [4.69, 9.17) is 15.6 Å². The van der Waals surface area contributed by atoms with Gasteiger partial charge in [-0.25, -0.2) is 0 Å². The Morgan fingerprint density at radius 1 is 1.00 bits per heavy atom. The lowest BCUT2D eigenvalue weighted by molar-refractivity contribution is -0.153. The summed E-state index contributed by atoms with van der Waals surface area (Å²) in [5, 5.41) is 25.7. The smallest absolute Gasteiger partial charge is 0.422 e. The van der Waals surface area contributed by atoms with Crippen molar-refractivity contribution in [2.24, 2.45) is 0 Å². The fourth-order valence-corrected chi connectivity index (χ4v) is 1.55. The van der Waals surface area contributed by atoms with Crippen LogP contribution < -0.4 is 4.74 Å². The van der Waals surface area contributed by atoms with Gasteiger partial charge in [0.15, 0.2) is 6.61 Å². The van der Waals surface area contributed by atoms with Gasteiger partial charge in [0.1, 0.15) is 11.8 Å². The van der Waals surface area contributed by atoms with Crippen LogP contribution in [0.4, 0.5) is 13.2 Å². The second kappa shape index (κ2) is 9.19. The highest BCUT2D eigenvalue weighted by atomic mass is 19.4. The van der Waals surface area contributed by atoms with Gasteiger partial charge in [-0.3, -0.25) is 0 Å². The van der Waals surface area contributed by atoms with E-state index < -0.39 is 12.8 Å². The zero-order chi connectivity index (χ0) is 18.0. The third kappa shape index (κ3) is 6.82. The molecule has 0 aliphatic rings. The molecule has 0 saturated carbocycles. The Balaban J connectivity index is 0.000000300. The van der Waals surface area contributed by atoms with E-state index in [1.54, 1.807) is 18.2 Å². The van der Waals surface area contributed by atoms with E-state index in [2.05, 4.69) is 4.74 Å². The molecule has 0 amide bonds. The first-order chi connectivity index (χ1) is 11.4. The number of nitriles is 2. The van der Waals surface area contributed by atoms with Gasteiger partial charge in [0, 0.05) is 0 Å². The lowest BCUT2D eigenvalue weighted by Crippen LogP contribution is -2.19. The SMILES string of the molecule is N#Cc1ccc(CO)cc1OCC(F)(F)F.N#Cc1ccccc1. The largest absolute Gasteiger partial charge is 0.483 e. The quantitative estimate of drug-likeness (QED) is 0.931. The van der Waals surface area contributed by atoms with Gasteiger partial charge in [0.2, 0.25) is 0 Å². The second-order valence-corrected chi connectivity index (χ2v) is 4.48. The van der Waals surface area contributed by atoms with Gasteiger partial charge in [-0.15, -0.1) is 0 Å². The van der Waals surface area contributed by atoms with Crippen molar-refractivity contribution in [3.63, 3.8) is 0 Å². The molecule has 7 heteroatoms. The first kappa shape index (κ1) is 19.0. The summed E-state index contributed by atoms with van der Waals surface area (Å²) in [4.78, 5) is 0. The molecule has 0 saturated heterocycles. The van der Waals surface area contributed by atoms with Gasteiger partial charge < -0.3 is 9.84 Å². The van der Waals surface area contributed by atoms with Gasteiger partial charge >= 0.3 is 6.18 Å². The Hall–Kier alpha value is -3.03. The number of rotatable bonds is 3. The van der Waals surface area contributed by atoms with E-state index in [0.717, 1.165) is 0 Å². The van der Waals surface area contributed by atoms with Crippen molar-refractivity contribution in [3.8, 4) is 17.9 Å². The molecule has 24 heavy (non-hydrogen) atoms. The summed E-state index contributed by atoms with van der Waals surface area (Å²) in [7, 11) is 0. The lowest BCUT2D eigenvalue weighted by atomic mass is 10.1. The third-order valence-electron chi connectivity index (χ3n) is 2.64. The first-order valence-electron chi connectivity index (χ1n) is 6.68. The van der Waals surface area contributed by atoms with Crippen LogP contribution in [0.5, 0.6) is 5.75 Å². The van der Waals surface area contributed by atoms with Crippen molar-refractivity contribution >= 4 is 0 Å². The highest BCUT2D eigenvalue weighted by molar-refractivity contribution is 5.45. The molecule has 0 aliphatic carbocycles. The molecule has 2 aromatic carbocycles. The highest BCUT2D eigenvalue weighted by Gasteiger charge is 2.28. The Morgan fingerprint density at radius 2 is 1.67 bits per heavy atom. The number of ether oxygens (including phenoxy) is 1. The van der Waals surface area contributed by atoms with Crippen LogP contribution in [0.3, 0.4) is 0 Å². The normalized spacial score (nSPS) is 9.92. The van der Waals surface area contributed by atoms with Crippen LogP contribution in [0.1, 0.15) is 16.7 Å². The number of benzene rings is 2. The molecule has 0 bridgehead atoms. The van der Waals surface area contributed by atoms with Crippen LogP contribution >= 0.6 is 0 Å². The van der Waals surface area contributed by atoms with Crippen molar-refractivity contribution in [2.45, 2.75) is 12.8 Å². The molecular weight excluding hydrogens is 321 g/mol. The summed E-state index contributed by atoms with van der Waals surface area (Å²) in [5.74, 6) is -0.175. The van der Waals surface area contributed by atoms with E-state index in [0.29, 0.717) is 11.1 Å². The molecule has 4 nitrogen and oxygen atoms in total. The monoisotopic (exact) mass is 334 g/mol. The molecule has 0 radical (unpaired) electrons. The molecule has 2 rings (SSSR count). The summed E-state index contributed by atoms with van der Waals surface area (Å²) < 4.78 is 40.2.